The maximum atomic E-state index is 12.2. The standard InChI is InChI=1S/C21H22N4O/c1-15-6-3-9-18(12-15)24-21(26)25-19-10-5-8-17(13-19)14-22-20-11-4-7-16(2)23-20/h3-13H,14H2,1-2H3,(H,22,23)(H2,24,25,26). The fourth-order valence-corrected chi connectivity index (χ4v) is 2.61. The van der Waals surface area contributed by atoms with Crippen molar-refractivity contribution in [3.8, 4) is 0 Å². The molecule has 132 valence electrons. The molecule has 5 heteroatoms. The number of nitrogens with zero attached hydrogens (tertiary/aromatic N) is 1. The minimum absolute atomic E-state index is 0.263. The van der Waals surface area contributed by atoms with E-state index in [0.717, 1.165) is 34.0 Å². The maximum Gasteiger partial charge on any atom is 0.323 e. The Kier molecular flexibility index (Phi) is 5.49. The van der Waals surface area contributed by atoms with Gasteiger partial charge in [-0.05, 0) is 61.4 Å². The van der Waals surface area contributed by atoms with Gasteiger partial charge in [-0.2, -0.15) is 0 Å². The van der Waals surface area contributed by atoms with Crippen molar-refractivity contribution >= 4 is 23.2 Å². The zero-order valence-electron chi connectivity index (χ0n) is 14.9. The van der Waals surface area contributed by atoms with Crippen LogP contribution in [0.3, 0.4) is 0 Å². The highest BCUT2D eigenvalue weighted by Crippen LogP contribution is 2.14. The van der Waals surface area contributed by atoms with Crippen molar-refractivity contribution in [2.24, 2.45) is 0 Å². The SMILES string of the molecule is Cc1cccc(NC(=O)Nc2cccc(CNc3cccc(C)n3)c2)c1. The smallest absolute Gasteiger partial charge is 0.323 e. The predicted octanol–water partition coefficient (Wildman–Crippen LogP) is 4.95. The molecule has 0 aliphatic rings. The van der Waals surface area contributed by atoms with Gasteiger partial charge in [0.15, 0.2) is 0 Å². The molecule has 0 saturated heterocycles. The molecular formula is C21H22N4O. The van der Waals surface area contributed by atoms with Gasteiger partial charge in [-0.1, -0.05) is 30.3 Å². The Morgan fingerprint density at radius 1 is 0.885 bits per heavy atom. The third kappa shape index (κ3) is 5.08. The summed E-state index contributed by atoms with van der Waals surface area (Å²) in [6, 6.07) is 21.0. The average Bonchev–Trinajstić information content (AvgIpc) is 2.60. The van der Waals surface area contributed by atoms with Crippen LogP contribution in [-0.2, 0) is 6.54 Å². The van der Waals surface area contributed by atoms with Gasteiger partial charge in [-0.15, -0.1) is 0 Å². The van der Waals surface area contributed by atoms with Gasteiger partial charge >= 0.3 is 6.03 Å². The van der Waals surface area contributed by atoms with E-state index >= 15 is 0 Å². The molecule has 0 spiro atoms. The number of pyridine rings is 1. The Morgan fingerprint density at radius 2 is 1.58 bits per heavy atom. The quantitative estimate of drug-likeness (QED) is 0.612. The van der Waals surface area contributed by atoms with Crippen molar-refractivity contribution in [3.63, 3.8) is 0 Å². The molecule has 0 aliphatic heterocycles. The first-order valence-electron chi connectivity index (χ1n) is 8.50. The first-order valence-corrected chi connectivity index (χ1v) is 8.50. The second-order valence-corrected chi connectivity index (χ2v) is 6.17. The van der Waals surface area contributed by atoms with E-state index in [1.54, 1.807) is 0 Å². The number of aryl methyl sites for hydroxylation is 2. The number of nitrogens with one attached hydrogen (secondary N) is 3. The highest BCUT2D eigenvalue weighted by Gasteiger charge is 2.04. The number of amides is 2. The van der Waals surface area contributed by atoms with Gasteiger partial charge in [0.2, 0.25) is 0 Å². The van der Waals surface area contributed by atoms with Crippen molar-refractivity contribution in [3.05, 3.63) is 83.6 Å². The molecule has 1 heterocycles. The molecular weight excluding hydrogens is 324 g/mol. The van der Waals surface area contributed by atoms with E-state index in [4.69, 9.17) is 0 Å². The molecule has 1 aromatic heterocycles. The van der Waals surface area contributed by atoms with Crippen molar-refractivity contribution < 1.29 is 4.79 Å². The van der Waals surface area contributed by atoms with Crippen LogP contribution in [0.5, 0.6) is 0 Å². The zero-order valence-corrected chi connectivity index (χ0v) is 14.9. The van der Waals surface area contributed by atoms with E-state index in [1.807, 2.05) is 80.6 Å². The van der Waals surface area contributed by atoms with Crippen LogP contribution < -0.4 is 16.0 Å². The first kappa shape index (κ1) is 17.5. The lowest BCUT2D eigenvalue weighted by Crippen LogP contribution is -2.19. The van der Waals surface area contributed by atoms with Crippen LogP contribution in [0.1, 0.15) is 16.8 Å². The maximum absolute atomic E-state index is 12.2. The monoisotopic (exact) mass is 346 g/mol. The van der Waals surface area contributed by atoms with Gasteiger partial charge in [0.1, 0.15) is 5.82 Å². The predicted molar refractivity (Wildman–Crippen MR) is 107 cm³/mol. The molecule has 0 aliphatic carbocycles. The lowest BCUT2D eigenvalue weighted by Gasteiger charge is -2.10. The number of benzene rings is 2. The summed E-state index contributed by atoms with van der Waals surface area (Å²) < 4.78 is 0. The second kappa shape index (κ2) is 8.16. The molecule has 3 aromatic rings. The molecule has 3 rings (SSSR count). The summed E-state index contributed by atoms with van der Waals surface area (Å²) in [4.78, 5) is 16.6. The molecule has 3 N–H and O–H groups in total. The highest BCUT2D eigenvalue weighted by molar-refractivity contribution is 5.99. The van der Waals surface area contributed by atoms with Gasteiger partial charge < -0.3 is 16.0 Å². The molecule has 2 aromatic carbocycles. The number of anilines is 3. The van der Waals surface area contributed by atoms with E-state index < -0.39 is 0 Å². The third-order valence-electron chi connectivity index (χ3n) is 3.82. The van der Waals surface area contributed by atoms with Crippen molar-refractivity contribution in [2.45, 2.75) is 20.4 Å². The van der Waals surface area contributed by atoms with E-state index in [-0.39, 0.29) is 6.03 Å². The Bertz CT molecular complexity index is 908. The van der Waals surface area contributed by atoms with E-state index in [1.165, 1.54) is 0 Å². The first-order chi connectivity index (χ1) is 12.6. The summed E-state index contributed by atoms with van der Waals surface area (Å²) in [5, 5.41) is 8.99. The van der Waals surface area contributed by atoms with Crippen LogP contribution in [0.25, 0.3) is 0 Å². The summed E-state index contributed by atoms with van der Waals surface area (Å²) >= 11 is 0. The molecule has 0 bridgehead atoms. The minimum atomic E-state index is -0.263. The van der Waals surface area contributed by atoms with E-state index in [2.05, 4.69) is 20.9 Å². The van der Waals surface area contributed by atoms with Crippen molar-refractivity contribution in [1.82, 2.24) is 4.98 Å². The number of carbonyl (C=O) groups excluding carboxylic acids is 1. The molecule has 0 saturated carbocycles. The van der Waals surface area contributed by atoms with Crippen LogP contribution in [0.2, 0.25) is 0 Å². The Balaban J connectivity index is 1.59. The summed E-state index contributed by atoms with van der Waals surface area (Å²) in [6.07, 6.45) is 0. The molecule has 26 heavy (non-hydrogen) atoms. The normalized spacial score (nSPS) is 10.2. The minimum Gasteiger partial charge on any atom is -0.366 e. The second-order valence-electron chi connectivity index (χ2n) is 6.17. The Hall–Kier alpha value is -3.34. The number of rotatable bonds is 5. The van der Waals surface area contributed by atoms with E-state index in [9.17, 15) is 4.79 Å². The summed E-state index contributed by atoms with van der Waals surface area (Å²) in [7, 11) is 0. The van der Waals surface area contributed by atoms with Crippen LogP contribution in [0.15, 0.2) is 66.7 Å². The lowest BCUT2D eigenvalue weighted by atomic mass is 10.2. The molecule has 5 nitrogen and oxygen atoms in total. The number of aromatic nitrogens is 1. The number of hydrogen-bond donors (Lipinski definition) is 3. The number of carbonyl (C=O) groups is 1. The number of hydrogen-bond acceptors (Lipinski definition) is 3. The topological polar surface area (TPSA) is 66.1 Å². The van der Waals surface area contributed by atoms with Gasteiger partial charge in [-0.25, -0.2) is 9.78 Å². The van der Waals surface area contributed by atoms with E-state index in [0.29, 0.717) is 6.54 Å². The van der Waals surface area contributed by atoms with Gasteiger partial charge in [0.05, 0.1) is 0 Å². The molecule has 0 atom stereocenters. The molecule has 0 fully saturated rings. The van der Waals surface area contributed by atoms with Crippen LogP contribution in [-0.4, -0.2) is 11.0 Å². The highest BCUT2D eigenvalue weighted by atomic mass is 16.2. The Morgan fingerprint density at radius 3 is 2.31 bits per heavy atom. The Labute approximate surface area is 153 Å². The van der Waals surface area contributed by atoms with Gasteiger partial charge in [0, 0.05) is 23.6 Å². The molecule has 0 unspecified atom stereocenters. The fourth-order valence-electron chi connectivity index (χ4n) is 2.61. The van der Waals surface area contributed by atoms with Gasteiger partial charge in [0.25, 0.3) is 0 Å². The average molecular weight is 346 g/mol. The molecule has 2 amide bonds. The van der Waals surface area contributed by atoms with Crippen molar-refractivity contribution in [1.29, 1.82) is 0 Å². The zero-order chi connectivity index (χ0) is 18.4. The van der Waals surface area contributed by atoms with Crippen LogP contribution in [0.4, 0.5) is 22.0 Å². The molecule has 0 radical (unpaired) electrons. The lowest BCUT2D eigenvalue weighted by molar-refractivity contribution is 0.262. The van der Waals surface area contributed by atoms with Gasteiger partial charge in [-0.3, -0.25) is 0 Å². The number of urea groups is 1. The largest absolute Gasteiger partial charge is 0.366 e. The van der Waals surface area contributed by atoms with Crippen molar-refractivity contribution in [2.75, 3.05) is 16.0 Å². The van der Waals surface area contributed by atoms with Crippen LogP contribution >= 0.6 is 0 Å². The fraction of sp³-hybridized carbons (Fsp3) is 0.143. The summed E-state index contributed by atoms with van der Waals surface area (Å²) in [5.74, 6) is 0.834. The summed E-state index contributed by atoms with van der Waals surface area (Å²) in [5.41, 5.74) is 4.64. The summed E-state index contributed by atoms with van der Waals surface area (Å²) in [6.45, 7) is 4.58. The third-order valence-corrected chi connectivity index (χ3v) is 3.82. The van der Waals surface area contributed by atoms with Crippen LogP contribution in [0, 0.1) is 13.8 Å².